The predicted molar refractivity (Wildman–Crippen MR) is 111 cm³/mol. The van der Waals surface area contributed by atoms with Gasteiger partial charge in [-0.25, -0.2) is 5.43 Å². The molecule has 0 saturated heterocycles. The summed E-state index contributed by atoms with van der Waals surface area (Å²) in [7, 11) is 1.39. The van der Waals surface area contributed by atoms with Crippen LogP contribution in [0.1, 0.15) is 18.9 Å². The second-order valence-electron chi connectivity index (χ2n) is 6.35. The van der Waals surface area contributed by atoms with E-state index in [4.69, 9.17) is 9.47 Å². The van der Waals surface area contributed by atoms with Crippen LogP contribution in [0.25, 0.3) is 0 Å². The molecule has 0 aliphatic heterocycles. The van der Waals surface area contributed by atoms with E-state index in [9.17, 15) is 19.7 Å². The van der Waals surface area contributed by atoms with Crippen LogP contribution in [0.5, 0.6) is 11.5 Å². The zero-order valence-corrected chi connectivity index (χ0v) is 16.8. The largest absolute Gasteiger partial charge is 0.496 e. The van der Waals surface area contributed by atoms with Crippen molar-refractivity contribution in [3.8, 4) is 11.5 Å². The molecular weight excluding hydrogens is 392 g/mol. The number of hydrogen-bond acceptors (Lipinski definition) is 7. The maximum absolute atomic E-state index is 12.2. The van der Waals surface area contributed by atoms with E-state index >= 15 is 0 Å². The first-order valence-corrected chi connectivity index (χ1v) is 8.92. The van der Waals surface area contributed by atoms with Crippen molar-refractivity contribution in [3.05, 3.63) is 58.1 Å². The monoisotopic (exact) mass is 414 g/mol. The predicted octanol–water partition coefficient (Wildman–Crippen LogP) is 2.81. The standard InChI is InChI=1S/C20H22N4O6/c1-13-4-6-15(7-5-13)30-12-20(26)23-22-14(2)10-19(25)21-17-9-8-16(29-3)11-18(17)24(27)28/h4-9,11H,10,12H2,1-3H3,(H,21,25)(H,23,26)/b22-14-. The quantitative estimate of drug-likeness (QED) is 0.368. The number of anilines is 1. The number of nitrogens with one attached hydrogen (secondary N) is 2. The molecule has 0 aliphatic carbocycles. The zero-order valence-electron chi connectivity index (χ0n) is 16.8. The van der Waals surface area contributed by atoms with Crippen molar-refractivity contribution in [2.24, 2.45) is 5.10 Å². The van der Waals surface area contributed by atoms with Crippen molar-refractivity contribution >= 4 is 28.9 Å². The summed E-state index contributed by atoms with van der Waals surface area (Å²) in [4.78, 5) is 34.5. The Kier molecular flexibility index (Phi) is 7.86. The first-order chi connectivity index (χ1) is 14.3. The third-order valence-electron chi connectivity index (χ3n) is 3.85. The second-order valence-corrected chi connectivity index (χ2v) is 6.35. The molecule has 0 aliphatic rings. The number of rotatable bonds is 9. The van der Waals surface area contributed by atoms with Crippen molar-refractivity contribution in [1.29, 1.82) is 0 Å². The highest BCUT2D eigenvalue weighted by Gasteiger charge is 2.17. The minimum absolute atomic E-state index is 0.0362. The number of methoxy groups -OCH3 is 1. The van der Waals surface area contributed by atoms with E-state index in [1.54, 1.807) is 19.1 Å². The Balaban J connectivity index is 1.86. The van der Waals surface area contributed by atoms with Crippen LogP contribution in [0.4, 0.5) is 11.4 Å². The SMILES string of the molecule is COc1ccc(NC(=O)C/C(C)=N\NC(=O)COc2ccc(C)cc2)c([N+](=O)[O-])c1. The van der Waals surface area contributed by atoms with Gasteiger partial charge in [0.05, 0.1) is 24.5 Å². The van der Waals surface area contributed by atoms with Gasteiger partial charge in [-0.2, -0.15) is 5.10 Å². The van der Waals surface area contributed by atoms with Crippen LogP contribution in [-0.2, 0) is 9.59 Å². The van der Waals surface area contributed by atoms with Gasteiger partial charge in [0.1, 0.15) is 17.2 Å². The Morgan fingerprint density at radius 1 is 1.10 bits per heavy atom. The number of nitrogens with zero attached hydrogens (tertiary/aromatic N) is 2. The first kappa shape index (κ1) is 22.3. The summed E-state index contributed by atoms with van der Waals surface area (Å²) in [6.07, 6.45) is -0.164. The lowest BCUT2D eigenvalue weighted by Crippen LogP contribution is -2.26. The van der Waals surface area contributed by atoms with Crippen LogP contribution in [0.3, 0.4) is 0 Å². The molecule has 30 heavy (non-hydrogen) atoms. The summed E-state index contributed by atoms with van der Waals surface area (Å²) < 4.78 is 10.3. The van der Waals surface area contributed by atoms with Gasteiger partial charge in [-0.05, 0) is 38.1 Å². The molecule has 0 radical (unpaired) electrons. The van der Waals surface area contributed by atoms with Crippen LogP contribution in [0, 0.1) is 17.0 Å². The third kappa shape index (κ3) is 6.89. The Bertz CT molecular complexity index is 956. The highest BCUT2D eigenvalue weighted by atomic mass is 16.6. The molecular formula is C20H22N4O6. The molecule has 10 heteroatoms. The maximum atomic E-state index is 12.2. The van der Waals surface area contributed by atoms with Gasteiger partial charge in [0, 0.05) is 5.71 Å². The van der Waals surface area contributed by atoms with E-state index < -0.39 is 16.7 Å². The van der Waals surface area contributed by atoms with Gasteiger partial charge in [0.15, 0.2) is 6.61 Å². The summed E-state index contributed by atoms with van der Waals surface area (Å²) in [5.41, 5.74) is 3.43. The molecule has 2 aromatic rings. The normalized spacial score (nSPS) is 10.8. The molecule has 0 heterocycles. The molecule has 0 unspecified atom stereocenters. The van der Waals surface area contributed by atoms with Crippen LogP contribution in [0.2, 0.25) is 0 Å². The molecule has 0 spiro atoms. The number of nitro benzene ring substituents is 1. The fourth-order valence-corrected chi connectivity index (χ4v) is 2.33. The Labute approximate surface area is 173 Å². The number of benzene rings is 2. The molecule has 0 bridgehead atoms. The van der Waals surface area contributed by atoms with Crippen LogP contribution < -0.4 is 20.2 Å². The summed E-state index contributed by atoms with van der Waals surface area (Å²) in [5, 5.41) is 17.5. The lowest BCUT2D eigenvalue weighted by atomic mass is 10.2. The van der Waals surface area contributed by atoms with Crippen molar-refractivity contribution in [1.82, 2.24) is 5.43 Å². The number of ether oxygens (including phenoxy) is 2. The van der Waals surface area contributed by atoms with Gasteiger partial charge < -0.3 is 14.8 Å². The first-order valence-electron chi connectivity index (χ1n) is 8.92. The lowest BCUT2D eigenvalue weighted by molar-refractivity contribution is -0.384. The van der Waals surface area contributed by atoms with Crippen molar-refractivity contribution in [2.75, 3.05) is 19.0 Å². The van der Waals surface area contributed by atoms with Crippen molar-refractivity contribution in [3.63, 3.8) is 0 Å². The molecule has 0 atom stereocenters. The molecule has 0 aromatic heterocycles. The minimum Gasteiger partial charge on any atom is -0.496 e. The molecule has 0 fully saturated rings. The molecule has 2 rings (SSSR count). The van der Waals surface area contributed by atoms with E-state index in [1.165, 1.54) is 25.3 Å². The minimum atomic E-state index is -0.618. The Morgan fingerprint density at radius 3 is 2.40 bits per heavy atom. The number of amides is 2. The van der Waals surface area contributed by atoms with E-state index in [2.05, 4.69) is 15.8 Å². The average Bonchev–Trinajstić information content (AvgIpc) is 2.71. The summed E-state index contributed by atoms with van der Waals surface area (Å²) in [6, 6.07) is 11.3. The zero-order chi connectivity index (χ0) is 22.1. The number of carbonyl (C=O) groups excluding carboxylic acids is 2. The molecule has 158 valence electrons. The number of carbonyl (C=O) groups is 2. The van der Waals surface area contributed by atoms with E-state index in [1.807, 2.05) is 19.1 Å². The van der Waals surface area contributed by atoms with E-state index in [0.717, 1.165) is 5.56 Å². The van der Waals surface area contributed by atoms with Crippen LogP contribution in [0.15, 0.2) is 47.6 Å². The maximum Gasteiger partial charge on any atom is 0.296 e. The highest BCUT2D eigenvalue weighted by Crippen LogP contribution is 2.29. The molecule has 0 saturated carbocycles. The smallest absolute Gasteiger partial charge is 0.296 e. The van der Waals surface area contributed by atoms with Crippen molar-refractivity contribution < 1.29 is 24.0 Å². The number of nitro groups is 1. The summed E-state index contributed by atoms with van der Waals surface area (Å²) >= 11 is 0. The van der Waals surface area contributed by atoms with Gasteiger partial charge in [-0.1, -0.05) is 17.7 Å². The summed E-state index contributed by atoms with van der Waals surface area (Å²) in [6.45, 7) is 3.25. The van der Waals surface area contributed by atoms with Crippen molar-refractivity contribution in [2.45, 2.75) is 20.3 Å². The topological polar surface area (TPSA) is 132 Å². The molecule has 2 amide bonds. The van der Waals surface area contributed by atoms with E-state index in [0.29, 0.717) is 17.2 Å². The van der Waals surface area contributed by atoms with Gasteiger partial charge in [0.2, 0.25) is 5.91 Å². The number of aryl methyl sites for hydroxylation is 1. The van der Waals surface area contributed by atoms with Crippen LogP contribution >= 0.6 is 0 Å². The lowest BCUT2D eigenvalue weighted by Gasteiger charge is -2.08. The Hall–Kier alpha value is -3.95. The molecule has 2 aromatic carbocycles. The molecule has 10 nitrogen and oxygen atoms in total. The third-order valence-corrected chi connectivity index (χ3v) is 3.85. The number of hydrogen-bond donors (Lipinski definition) is 2. The average molecular weight is 414 g/mol. The van der Waals surface area contributed by atoms with Gasteiger partial charge in [-0.15, -0.1) is 0 Å². The highest BCUT2D eigenvalue weighted by molar-refractivity contribution is 6.06. The Morgan fingerprint density at radius 2 is 1.77 bits per heavy atom. The number of hydrazone groups is 1. The second kappa shape index (κ2) is 10.6. The summed E-state index contributed by atoms with van der Waals surface area (Å²) in [5.74, 6) is -0.152. The van der Waals surface area contributed by atoms with Crippen LogP contribution in [-0.4, -0.2) is 36.2 Å². The van der Waals surface area contributed by atoms with E-state index in [-0.39, 0.29) is 24.4 Å². The van der Waals surface area contributed by atoms with Gasteiger partial charge in [-0.3, -0.25) is 19.7 Å². The van der Waals surface area contributed by atoms with Gasteiger partial charge >= 0.3 is 0 Å². The fourth-order valence-electron chi connectivity index (χ4n) is 2.33. The molecule has 2 N–H and O–H groups in total. The fraction of sp³-hybridized carbons (Fsp3) is 0.250. The van der Waals surface area contributed by atoms with Gasteiger partial charge in [0.25, 0.3) is 11.6 Å².